The number of carbonyl (C=O) groups is 2. The van der Waals surface area contributed by atoms with Crippen molar-refractivity contribution in [3.05, 3.63) is 40.0 Å². The Morgan fingerprint density at radius 3 is 2.41 bits per heavy atom. The second-order valence-corrected chi connectivity index (χ2v) is 10.7. The largest absolute Gasteiger partial charge is 0.444 e. The molecule has 0 spiro atoms. The second-order valence-electron chi connectivity index (χ2n) is 10.7. The van der Waals surface area contributed by atoms with E-state index in [2.05, 4.69) is 15.0 Å². The van der Waals surface area contributed by atoms with Crippen LogP contribution in [0.4, 0.5) is 9.59 Å². The van der Waals surface area contributed by atoms with Crippen LogP contribution in [0.5, 0.6) is 0 Å². The Hall–Kier alpha value is -3.26. The van der Waals surface area contributed by atoms with Gasteiger partial charge >= 0.3 is 12.2 Å². The van der Waals surface area contributed by atoms with Crippen molar-refractivity contribution >= 4 is 23.2 Å². The zero-order valence-electron chi connectivity index (χ0n) is 20.9. The number of amides is 1. The van der Waals surface area contributed by atoms with Crippen molar-refractivity contribution in [2.24, 2.45) is 11.0 Å². The first-order chi connectivity index (χ1) is 15.9. The number of rotatable bonds is 6. The topological polar surface area (TPSA) is 122 Å². The first-order valence-electron chi connectivity index (χ1n) is 11.6. The standard InChI is InChI=1S/C24H34N6O4/c1-23(2,3)33-21(31)29(14-16-8-7-9-16)15-18-11-19-20(10-17(12-26-19)13-27-28-25)30(18)22(32)34-24(4,5)6/h10-12,16H,7-9,13-15H2,1-6H3. The monoisotopic (exact) mass is 470 g/mol. The molecule has 0 N–H and O–H groups in total. The lowest BCUT2D eigenvalue weighted by atomic mass is 9.85. The molecular weight excluding hydrogens is 436 g/mol. The quantitative estimate of drug-likeness (QED) is 0.284. The van der Waals surface area contributed by atoms with E-state index in [1.54, 1.807) is 44.0 Å². The summed E-state index contributed by atoms with van der Waals surface area (Å²) in [6, 6.07) is 3.54. The molecule has 0 unspecified atom stereocenters. The first kappa shape index (κ1) is 25.4. The molecule has 0 saturated heterocycles. The lowest BCUT2D eigenvalue weighted by molar-refractivity contribution is 0.0163. The van der Waals surface area contributed by atoms with Gasteiger partial charge in [0.2, 0.25) is 0 Å². The van der Waals surface area contributed by atoms with Gasteiger partial charge < -0.3 is 14.4 Å². The van der Waals surface area contributed by atoms with E-state index in [9.17, 15) is 9.59 Å². The molecule has 0 aromatic carbocycles. The first-order valence-corrected chi connectivity index (χ1v) is 11.6. The van der Waals surface area contributed by atoms with Crippen molar-refractivity contribution < 1.29 is 19.1 Å². The van der Waals surface area contributed by atoms with Crippen molar-refractivity contribution in [2.75, 3.05) is 6.54 Å². The number of aromatic nitrogens is 2. The minimum absolute atomic E-state index is 0.111. The van der Waals surface area contributed by atoms with E-state index in [0.29, 0.717) is 34.8 Å². The Kier molecular flexibility index (Phi) is 7.41. The molecule has 2 aromatic rings. The molecular formula is C24H34N6O4. The maximum Gasteiger partial charge on any atom is 0.419 e. The molecule has 184 valence electrons. The minimum Gasteiger partial charge on any atom is -0.444 e. The van der Waals surface area contributed by atoms with Gasteiger partial charge in [0.15, 0.2) is 0 Å². The van der Waals surface area contributed by atoms with E-state index < -0.39 is 23.4 Å². The van der Waals surface area contributed by atoms with Crippen LogP contribution in [-0.2, 0) is 22.6 Å². The average Bonchev–Trinajstić information content (AvgIpc) is 3.02. The van der Waals surface area contributed by atoms with Crippen LogP contribution in [0.3, 0.4) is 0 Å². The SMILES string of the molecule is CC(C)(C)OC(=O)N(Cc1cc2ncc(CN=[N+]=[N-])cc2n1C(=O)OC(C)(C)C)CC1CCC1. The van der Waals surface area contributed by atoms with Gasteiger partial charge in [-0.25, -0.2) is 14.2 Å². The van der Waals surface area contributed by atoms with Crippen LogP contribution in [0.1, 0.15) is 72.1 Å². The fourth-order valence-electron chi connectivity index (χ4n) is 3.72. The molecule has 10 heteroatoms. The van der Waals surface area contributed by atoms with Crippen LogP contribution in [-0.4, -0.2) is 44.4 Å². The molecule has 10 nitrogen and oxygen atoms in total. The highest BCUT2D eigenvalue weighted by molar-refractivity contribution is 5.89. The number of hydrogen-bond donors (Lipinski definition) is 0. The molecule has 34 heavy (non-hydrogen) atoms. The van der Waals surface area contributed by atoms with Crippen LogP contribution >= 0.6 is 0 Å². The Morgan fingerprint density at radius 1 is 1.18 bits per heavy atom. The number of fused-ring (bicyclic) bond motifs is 1. The number of hydrogen-bond acceptors (Lipinski definition) is 6. The van der Waals surface area contributed by atoms with E-state index in [-0.39, 0.29) is 13.1 Å². The Bertz CT molecular complexity index is 1100. The fraction of sp³-hybridized carbons (Fsp3) is 0.625. The summed E-state index contributed by atoms with van der Waals surface area (Å²) >= 11 is 0. The number of ether oxygens (including phenoxy) is 2. The maximum absolute atomic E-state index is 13.2. The summed E-state index contributed by atoms with van der Waals surface area (Å²) in [4.78, 5) is 35.2. The van der Waals surface area contributed by atoms with Gasteiger partial charge in [-0.3, -0.25) is 4.98 Å². The van der Waals surface area contributed by atoms with E-state index in [4.69, 9.17) is 15.0 Å². The second kappa shape index (κ2) is 9.93. The molecule has 0 bridgehead atoms. The van der Waals surface area contributed by atoms with Gasteiger partial charge in [0.25, 0.3) is 0 Å². The van der Waals surface area contributed by atoms with Crippen molar-refractivity contribution in [1.82, 2.24) is 14.5 Å². The van der Waals surface area contributed by atoms with Gasteiger partial charge in [-0.15, -0.1) is 0 Å². The number of nitrogens with zero attached hydrogens (tertiary/aromatic N) is 6. The van der Waals surface area contributed by atoms with E-state index >= 15 is 0 Å². The third-order valence-corrected chi connectivity index (χ3v) is 5.39. The fourth-order valence-corrected chi connectivity index (χ4v) is 3.72. The lowest BCUT2D eigenvalue weighted by Gasteiger charge is -2.33. The van der Waals surface area contributed by atoms with Gasteiger partial charge in [-0.1, -0.05) is 11.5 Å². The summed E-state index contributed by atoms with van der Waals surface area (Å²) < 4.78 is 12.8. The summed E-state index contributed by atoms with van der Waals surface area (Å²) in [6.07, 6.45) is 3.92. The van der Waals surface area contributed by atoms with Crippen molar-refractivity contribution in [2.45, 2.75) is 85.1 Å². The van der Waals surface area contributed by atoms with Gasteiger partial charge in [-0.2, -0.15) is 0 Å². The van der Waals surface area contributed by atoms with E-state index in [0.717, 1.165) is 19.3 Å². The molecule has 2 aromatic heterocycles. The van der Waals surface area contributed by atoms with E-state index in [1.165, 1.54) is 4.57 Å². The summed E-state index contributed by atoms with van der Waals surface area (Å²) in [5.41, 5.74) is 9.66. The molecule has 1 saturated carbocycles. The highest BCUT2D eigenvalue weighted by Crippen LogP contribution is 2.29. The Morgan fingerprint density at radius 2 is 1.85 bits per heavy atom. The smallest absolute Gasteiger partial charge is 0.419 e. The number of azide groups is 1. The van der Waals surface area contributed by atoms with Crippen LogP contribution in [0, 0.1) is 5.92 Å². The van der Waals surface area contributed by atoms with Gasteiger partial charge in [0.1, 0.15) is 11.2 Å². The molecule has 1 aliphatic rings. The third kappa shape index (κ3) is 6.63. The summed E-state index contributed by atoms with van der Waals surface area (Å²) in [5.74, 6) is 0.417. The lowest BCUT2D eigenvalue weighted by Crippen LogP contribution is -2.41. The zero-order valence-corrected chi connectivity index (χ0v) is 20.9. The molecule has 1 aliphatic carbocycles. The molecule has 3 rings (SSSR count). The summed E-state index contributed by atoms with van der Waals surface area (Å²) in [7, 11) is 0. The normalized spacial score (nSPS) is 14.3. The molecule has 2 heterocycles. The predicted octanol–water partition coefficient (Wildman–Crippen LogP) is 6.17. The van der Waals surface area contributed by atoms with Crippen LogP contribution < -0.4 is 0 Å². The molecule has 0 atom stereocenters. The number of carbonyl (C=O) groups excluding carboxylic acids is 2. The van der Waals surface area contributed by atoms with Gasteiger partial charge in [0, 0.05) is 17.7 Å². The Labute approximate surface area is 199 Å². The zero-order chi connectivity index (χ0) is 25.1. The van der Waals surface area contributed by atoms with Crippen molar-refractivity contribution in [3.63, 3.8) is 0 Å². The van der Waals surface area contributed by atoms with Crippen LogP contribution in [0.2, 0.25) is 0 Å². The van der Waals surface area contributed by atoms with E-state index in [1.807, 2.05) is 20.8 Å². The minimum atomic E-state index is -0.710. The third-order valence-electron chi connectivity index (χ3n) is 5.39. The van der Waals surface area contributed by atoms with Gasteiger partial charge in [0.05, 0.1) is 29.8 Å². The van der Waals surface area contributed by atoms with Gasteiger partial charge in [-0.05, 0) is 83.5 Å². The summed E-state index contributed by atoms with van der Waals surface area (Å²) in [6.45, 7) is 11.7. The van der Waals surface area contributed by atoms with Crippen LogP contribution in [0.15, 0.2) is 23.4 Å². The Balaban J connectivity index is 2.03. The number of pyridine rings is 1. The predicted molar refractivity (Wildman–Crippen MR) is 128 cm³/mol. The summed E-state index contributed by atoms with van der Waals surface area (Å²) in [5, 5.41) is 3.59. The molecule has 1 amide bonds. The average molecular weight is 471 g/mol. The van der Waals surface area contributed by atoms with Crippen LogP contribution in [0.25, 0.3) is 21.5 Å². The molecule has 0 radical (unpaired) electrons. The highest BCUT2D eigenvalue weighted by atomic mass is 16.6. The van der Waals surface area contributed by atoms with Crippen molar-refractivity contribution in [1.29, 1.82) is 0 Å². The van der Waals surface area contributed by atoms with Crippen molar-refractivity contribution in [3.8, 4) is 0 Å². The molecule has 0 aliphatic heterocycles. The highest BCUT2D eigenvalue weighted by Gasteiger charge is 2.30. The molecule has 1 fully saturated rings. The maximum atomic E-state index is 13.2.